The average molecular weight is 285 g/mol. The van der Waals surface area contributed by atoms with E-state index in [4.69, 9.17) is 17.4 Å². The number of hydrogen-bond donors (Lipinski definition) is 3. The predicted molar refractivity (Wildman–Crippen MR) is 71.4 cm³/mol. The zero-order valence-electron chi connectivity index (χ0n) is 9.97. The van der Waals surface area contributed by atoms with Crippen LogP contribution >= 0.6 is 11.6 Å². The number of rotatable bonds is 3. The van der Waals surface area contributed by atoms with Gasteiger partial charge in [-0.15, -0.1) is 0 Å². The van der Waals surface area contributed by atoms with E-state index in [9.17, 15) is 8.78 Å². The van der Waals surface area contributed by atoms with E-state index in [-0.39, 0.29) is 11.6 Å². The molecule has 4 N–H and O–H groups in total. The lowest BCUT2D eigenvalue weighted by molar-refractivity contribution is 0.579. The molecular formula is C12H11ClF2N4. The molecular weight excluding hydrogens is 274 g/mol. The van der Waals surface area contributed by atoms with Crippen molar-refractivity contribution in [1.29, 1.82) is 0 Å². The molecule has 0 saturated heterocycles. The maximum Gasteiger partial charge on any atom is 0.178 e. The summed E-state index contributed by atoms with van der Waals surface area (Å²) >= 11 is 5.98. The average Bonchev–Trinajstić information content (AvgIpc) is 2.37. The van der Waals surface area contributed by atoms with E-state index in [1.165, 1.54) is 0 Å². The molecule has 0 aliphatic rings. The van der Waals surface area contributed by atoms with Crippen LogP contribution in [-0.2, 0) is 0 Å². The molecule has 19 heavy (non-hydrogen) atoms. The number of hydrogen-bond acceptors (Lipinski definition) is 4. The summed E-state index contributed by atoms with van der Waals surface area (Å²) in [5.74, 6) is 2.95. The van der Waals surface area contributed by atoms with Crippen molar-refractivity contribution in [1.82, 2.24) is 4.98 Å². The Kier molecular flexibility index (Phi) is 3.82. The first-order valence-corrected chi connectivity index (χ1v) is 5.75. The molecule has 7 heteroatoms. The van der Waals surface area contributed by atoms with Crippen molar-refractivity contribution in [2.75, 3.05) is 10.7 Å². The number of benzene rings is 1. The highest BCUT2D eigenvalue weighted by atomic mass is 35.5. The SMILES string of the molecule is Cc1ccc(Cl)c(Nc2nc(NN)c(F)cc2F)c1. The van der Waals surface area contributed by atoms with Crippen LogP contribution in [0.4, 0.5) is 26.1 Å². The number of nitrogen functional groups attached to an aromatic ring is 1. The van der Waals surface area contributed by atoms with Gasteiger partial charge < -0.3 is 10.7 Å². The summed E-state index contributed by atoms with van der Waals surface area (Å²) in [6.07, 6.45) is 0. The fraction of sp³-hybridized carbons (Fsp3) is 0.0833. The largest absolute Gasteiger partial charge is 0.336 e. The van der Waals surface area contributed by atoms with Crippen molar-refractivity contribution in [2.24, 2.45) is 5.84 Å². The molecule has 1 aromatic heterocycles. The number of nitrogens with two attached hydrogens (primary N) is 1. The van der Waals surface area contributed by atoms with E-state index in [1.807, 2.05) is 18.4 Å². The van der Waals surface area contributed by atoms with Gasteiger partial charge in [-0.05, 0) is 24.6 Å². The second-order valence-corrected chi connectivity index (χ2v) is 4.31. The van der Waals surface area contributed by atoms with Gasteiger partial charge in [-0.3, -0.25) is 0 Å². The molecule has 0 spiro atoms. The Balaban J connectivity index is 2.40. The van der Waals surface area contributed by atoms with Crippen LogP contribution in [0.3, 0.4) is 0 Å². The number of aryl methyl sites for hydroxylation is 1. The summed E-state index contributed by atoms with van der Waals surface area (Å²) in [6, 6.07) is 5.90. The van der Waals surface area contributed by atoms with Crippen LogP contribution in [0.1, 0.15) is 5.56 Å². The van der Waals surface area contributed by atoms with Crippen LogP contribution in [0.2, 0.25) is 5.02 Å². The van der Waals surface area contributed by atoms with Crippen LogP contribution in [-0.4, -0.2) is 4.98 Å². The predicted octanol–water partition coefficient (Wildman–Crippen LogP) is 3.35. The smallest absolute Gasteiger partial charge is 0.178 e. The number of nitrogens with zero attached hydrogens (tertiary/aromatic N) is 1. The zero-order chi connectivity index (χ0) is 14.0. The first kappa shape index (κ1) is 13.5. The molecule has 4 nitrogen and oxygen atoms in total. The third-order valence-electron chi connectivity index (χ3n) is 2.44. The molecule has 0 aliphatic carbocycles. The maximum atomic E-state index is 13.6. The number of anilines is 3. The minimum absolute atomic E-state index is 0.165. The summed E-state index contributed by atoms with van der Waals surface area (Å²) in [4.78, 5) is 3.70. The van der Waals surface area contributed by atoms with Crippen LogP contribution in [0.15, 0.2) is 24.3 Å². The lowest BCUT2D eigenvalue weighted by Crippen LogP contribution is -2.12. The Morgan fingerprint density at radius 2 is 1.84 bits per heavy atom. The van der Waals surface area contributed by atoms with Gasteiger partial charge in [0.2, 0.25) is 0 Å². The standard InChI is InChI=1S/C12H11ClF2N4/c1-6-2-3-7(13)10(4-6)17-11-8(14)5-9(15)12(18-11)19-16/h2-5H,16H2,1H3,(H2,17,18,19). The van der Waals surface area contributed by atoms with Gasteiger partial charge in [-0.2, -0.15) is 0 Å². The second-order valence-electron chi connectivity index (χ2n) is 3.90. The van der Waals surface area contributed by atoms with Gasteiger partial charge in [-0.1, -0.05) is 17.7 Å². The Morgan fingerprint density at radius 1 is 1.16 bits per heavy atom. The monoisotopic (exact) mass is 284 g/mol. The number of pyridine rings is 1. The third-order valence-corrected chi connectivity index (χ3v) is 2.77. The number of halogens is 3. The van der Waals surface area contributed by atoms with E-state index in [2.05, 4.69) is 10.3 Å². The topological polar surface area (TPSA) is 63.0 Å². The third kappa shape index (κ3) is 2.91. The molecule has 100 valence electrons. The highest BCUT2D eigenvalue weighted by Gasteiger charge is 2.12. The Labute approximate surface area is 113 Å². The molecule has 1 aromatic carbocycles. The molecule has 0 saturated carbocycles. The molecule has 1 heterocycles. The molecule has 0 bridgehead atoms. The van der Waals surface area contributed by atoms with Crippen molar-refractivity contribution >= 4 is 28.9 Å². The van der Waals surface area contributed by atoms with Gasteiger partial charge in [0.1, 0.15) is 0 Å². The fourth-order valence-electron chi connectivity index (χ4n) is 1.52. The molecule has 0 unspecified atom stereocenters. The summed E-state index contributed by atoms with van der Waals surface area (Å²) in [6.45, 7) is 1.86. The van der Waals surface area contributed by atoms with Crippen LogP contribution in [0.25, 0.3) is 0 Å². The second kappa shape index (κ2) is 5.38. The molecule has 0 amide bonds. The molecule has 0 radical (unpaired) electrons. The number of nitrogens with one attached hydrogen (secondary N) is 2. The van der Waals surface area contributed by atoms with Crippen molar-refractivity contribution in [3.63, 3.8) is 0 Å². The van der Waals surface area contributed by atoms with E-state index >= 15 is 0 Å². The van der Waals surface area contributed by atoms with Gasteiger partial charge >= 0.3 is 0 Å². The quantitative estimate of drug-likeness (QED) is 0.597. The summed E-state index contributed by atoms with van der Waals surface area (Å²) in [7, 11) is 0. The first-order chi connectivity index (χ1) is 9.01. The van der Waals surface area contributed by atoms with E-state index < -0.39 is 11.6 Å². The first-order valence-electron chi connectivity index (χ1n) is 5.37. The minimum Gasteiger partial charge on any atom is -0.336 e. The number of hydrazine groups is 1. The summed E-state index contributed by atoms with van der Waals surface area (Å²) in [5.41, 5.74) is 3.46. The van der Waals surface area contributed by atoms with Gasteiger partial charge in [0, 0.05) is 6.07 Å². The lowest BCUT2D eigenvalue weighted by Gasteiger charge is -2.11. The van der Waals surface area contributed by atoms with Crippen molar-refractivity contribution in [2.45, 2.75) is 6.92 Å². The van der Waals surface area contributed by atoms with Gasteiger partial charge in [0.15, 0.2) is 23.3 Å². The number of aromatic nitrogens is 1. The zero-order valence-corrected chi connectivity index (χ0v) is 10.7. The highest BCUT2D eigenvalue weighted by molar-refractivity contribution is 6.33. The van der Waals surface area contributed by atoms with Crippen molar-refractivity contribution in [3.8, 4) is 0 Å². The molecule has 2 aromatic rings. The lowest BCUT2D eigenvalue weighted by atomic mass is 10.2. The van der Waals surface area contributed by atoms with Crippen LogP contribution in [0.5, 0.6) is 0 Å². The van der Waals surface area contributed by atoms with Crippen LogP contribution < -0.4 is 16.6 Å². The maximum absolute atomic E-state index is 13.6. The Morgan fingerprint density at radius 3 is 2.53 bits per heavy atom. The van der Waals surface area contributed by atoms with Crippen molar-refractivity contribution in [3.05, 3.63) is 46.5 Å². The Hall–Kier alpha value is -1.92. The molecule has 0 atom stereocenters. The normalized spacial score (nSPS) is 10.4. The minimum atomic E-state index is -0.874. The van der Waals surface area contributed by atoms with Gasteiger partial charge in [0.25, 0.3) is 0 Å². The molecule has 0 fully saturated rings. The van der Waals surface area contributed by atoms with Crippen LogP contribution in [0, 0.1) is 18.6 Å². The fourth-order valence-corrected chi connectivity index (χ4v) is 1.68. The van der Waals surface area contributed by atoms with Gasteiger partial charge in [-0.25, -0.2) is 19.6 Å². The highest BCUT2D eigenvalue weighted by Crippen LogP contribution is 2.28. The molecule has 2 rings (SSSR count). The Bertz CT molecular complexity index is 619. The summed E-state index contributed by atoms with van der Waals surface area (Å²) < 4.78 is 26.8. The van der Waals surface area contributed by atoms with E-state index in [0.717, 1.165) is 5.56 Å². The summed E-state index contributed by atoms with van der Waals surface area (Å²) in [5, 5.41) is 3.10. The van der Waals surface area contributed by atoms with E-state index in [1.54, 1.807) is 12.1 Å². The van der Waals surface area contributed by atoms with Crippen molar-refractivity contribution < 1.29 is 8.78 Å². The van der Waals surface area contributed by atoms with Gasteiger partial charge in [0.05, 0.1) is 10.7 Å². The van der Waals surface area contributed by atoms with E-state index in [0.29, 0.717) is 16.8 Å². The molecule has 0 aliphatic heterocycles.